The van der Waals surface area contributed by atoms with Crippen LogP contribution in [0.5, 0.6) is 0 Å². The predicted octanol–water partition coefficient (Wildman–Crippen LogP) is 5.82. The minimum Gasteiger partial charge on any atom is -0.336 e. The summed E-state index contributed by atoms with van der Waals surface area (Å²) in [6.45, 7) is 1.44. The van der Waals surface area contributed by atoms with Crippen LogP contribution < -0.4 is 5.09 Å². The lowest BCUT2D eigenvalue weighted by Crippen LogP contribution is -2.03. The second-order valence-electron chi connectivity index (χ2n) is 6.15. The van der Waals surface area contributed by atoms with Crippen LogP contribution in [0, 0.1) is 11.6 Å². The summed E-state index contributed by atoms with van der Waals surface area (Å²) < 4.78 is 69.6. The van der Waals surface area contributed by atoms with E-state index in [1.54, 1.807) is 12.1 Å². The average Bonchev–Trinajstić information content (AvgIpc) is 3.03. The van der Waals surface area contributed by atoms with Gasteiger partial charge in [-0.3, -0.25) is 0 Å². The minimum absolute atomic E-state index is 0.0706. The number of nitrogens with zero attached hydrogens (tertiary/aromatic N) is 2. The summed E-state index contributed by atoms with van der Waals surface area (Å²) in [6.07, 6.45) is 0.0860. The predicted molar refractivity (Wildman–Crippen MR) is 96.7 cm³/mol. The fourth-order valence-corrected chi connectivity index (χ4v) is 4.23. The Kier molecular flexibility index (Phi) is 5.50. The van der Waals surface area contributed by atoms with Gasteiger partial charge in [-0.1, -0.05) is 29.4 Å². The molecule has 1 atom stereocenters. The molecule has 0 amide bonds. The molecule has 0 aliphatic carbocycles. The average molecular weight is 434 g/mol. The van der Waals surface area contributed by atoms with E-state index in [2.05, 4.69) is 19.8 Å². The van der Waals surface area contributed by atoms with Crippen LogP contribution in [0.3, 0.4) is 0 Å². The van der Waals surface area contributed by atoms with Crippen LogP contribution >= 0.6 is 18.9 Å². The molecule has 3 aromatic rings. The van der Waals surface area contributed by atoms with Crippen molar-refractivity contribution >= 4 is 24.6 Å². The SMILES string of the molecule is CP(=O)(Cc1ccc(-c2noc(C(F)(F)Cl)n2)cc1)Nc1cc(F)cc(F)c1. The van der Waals surface area contributed by atoms with Gasteiger partial charge in [0.15, 0.2) is 7.29 Å². The highest BCUT2D eigenvalue weighted by atomic mass is 35.5. The molecule has 11 heteroatoms. The van der Waals surface area contributed by atoms with Crippen LogP contribution in [0.2, 0.25) is 0 Å². The number of nitrogens with one attached hydrogen (secondary N) is 1. The number of anilines is 1. The van der Waals surface area contributed by atoms with Gasteiger partial charge in [-0.2, -0.15) is 13.8 Å². The van der Waals surface area contributed by atoms with Crippen LogP contribution in [-0.2, 0) is 16.1 Å². The number of alkyl halides is 3. The zero-order valence-corrected chi connectivity index (χ0v) is 15.9. The molecule has 0 saturated heterocycles. The largest absolute Gasteiger partial charge is 0.400 e. The molecule has 0 spiro atoms. The highest BCUT2D eigenvalue weighted by molar-refractivity contribution is 7.63. The fraction of sp³-hybridized carbons (Fsp3) is 0.176. The van der Waals surface area contributed by atoms with E-state index in [-0.39, 0.29) is 17.7 Å². The van der Waals surface area contributed by atoms with Crippen molar-refractivity contribution < 1.29 is 26.6 Å². The molecule has 3 rings (SSSR count). The van der Waals surface area contributed by atoms with E-state index in [1.807, 2.05) is 0 Å². The molecular formula is C17H13ClF4N3O2P. The standard InChI is InChI=1S/C17H13ClF4N3O2P/c1-28(26,25-14-7-12(19)6-13(20)8-14)9-10-2-4-11(5-3-10)15-23-16(27-24-15)17(18,21)22/h2-8H,9H2,1H3,(H,25,26). The molecule has 148 valence electrons. The molecule has 5 nitrogen and oxygen atoms in total. The van der Waals surface area contributed by atoms with Gasteiger partial charge in [0.1, 0.15) is 11.6 Å². The molecule has 0 bridgehead atoms. The summed E-state index contributed by atoms with van der Waals surface area (Å²) in [4.78, 5) is 3.53. The fourth-order valence-electron chi connectivity index (χ4n) is 2.49. The summed E-state index contributed by atoms with van der Waals surface area (Å²) in [5, 5.41) is 2.33. The smallest absolute Gasteiger partial charge is 0.336 e. The second kappa shape index (κ2) is 7.56. The minimum atomic E-state index is -3.76. The van der Waals surface area contributed by atoms with E-state index >= 15 is 0 Å². The first-order chi connectivity index (χ1) is 13.0. The van der Waals surface area contributed by atoms with Gasteiger partial charge >= 0.3 is 11.3 Å². The third-order valence-electron chi connectivity index (χ3n) is 3.59. The number of rotatable bonds is 6. The number of halogens is 5. The van der Waals surface area contributed by atoms with Gasteiger partial charge in [-0.05, 0) is 29.3 Å². The Morgan fingerprint density at radius 3 is 2.29 bits per heavy atom. The van der Waals surface area contributed by atoms with E-state index in [4.69, 9.17) is 11.6 Å². The molecule has 0 aliphatic rings. The van der Waals surface area contributed by atoms with Gasteiger partial charge in [0.2, 0.25) is 5.82 Å². The quantitative estimate of drug-likeness (QED) is 0.301. The molecule has 0 saturated carbocycles. The first-order valence-electron chi connectivity index (χ1n) is 7.83. The Morgan fingerprint density at radius 2 is 1.75 bits per heavy atom. The zero-order chi connectivity index (χ0) is 20.5. The van der Waals surface area contributed by atoms with Crippen LogP contribution in [-0.4, -0.2) is 16.8 Å². The van der Waals surface area contributed by atoms with Crippen LogP contribution in [0.4, 0.5) is 23.2 Å². The summed E-state index contributed by atoms with van der Waals surface area (Å²) in [7, 11) is -3.03. The van der Waals surface area contributed by atoms with Crippen molar-refractivity contribution in [2.75, 3.05) is 11.8 Å². The van der Waals surface area contributed by atoms with Gasteiger partial charge in [0, 0.05) is 30.1 Å². The maximum atomic E-state index is 13.3. The highest BCUT2D eigenvalue weighted by Crippen LogP contribution is 2.45. The number of hydrogen-bond acceptors (Lipinski definition) is 4. The van der Waals surface area contributed by atoms with E-state index in [1.165, 1.54) is 18.8 Å². The monoisotopic (exact) mass is 433 g/mol. The van der Waals surface area contributed by atoms with Crippen molar-refractivity contribution in [3.8, 4) is 11.4 Å². The topological polar surface area (TPSA) is 68.0 Å². The van der Waals surface area contributed by atoms with Crippen LogP contribution in [0.15, 0.2) is 47.0 Å². The normalized spacial score (nSPS) is 13.9. The molecule has 0 fully saturated rings. The Hall–Kier alpha value is -2.38. The lowest BCUT2D eigenvalue weighted by Gasteiger charge is -2.16. The Labute approximate surface area is 162 Å². The van der Waals surface area contributed by atoms with Gasteiger partial charge in [-0.15, -0.1) is 0 Å². The molecule has 1 heterocycles. The first kappa shape index (κ1) is 20.4. The van der Waals surface area contributed by atoms with Gasteiger partial charge in [0.25, 0.3) is 0 Å². The van der Waals surface area contributed by atoms with E-state index in [9.17, 15) is 22.1 Å². The Morgan fingerprint density at radius 1 is 1.14 bits per heavy atom. The van der Waals surface area contributed by atoms with E-state index < -0.39 is 30.2 Å². The van der Waals surface area contributed by atoms with Gasteiger partial charge in [0.05, 0.1) is 0 Å². The summed E-state index contributed by atoms with van der Waals surface area (Å²) in [5.74, 6) is -2.66. The zero-order valence-electron chi connectivity index (χ0n) is 14.3. The Balaban J connectivity index is 1.72. The molecule has 28 heavy (non-hydrogen) atoms. The summed E-state index contributed by atoms with van der Waals surface area (Å²) in [6, 6.07) is 9.10. The first-order valence-corrected chi connectivity index (χ1v) is 10.5. The molecule has 2 aromatic carbocycles. The van der Waals surface area contributed by atoms with Crippen molar-refractivity contribution in [1.82, 2.24) is 10.1 Å². The van der Waals surface area contributed by atoms with Gasteiger partial charge < -0.3 is 14.2 Å². The van der Waals surface area contributed by atoms with Gasteiger partial charge in [-0.25, -0.2) is 8.78 Å². The Bertz CT molecular complexity index is 1020. The van der Waals surface area contributed by atoms with Crippen LogP contribution in [0.1, 0.15) is 11.5 Å². The van der Waals surface area contributed by atoms with Crippen molar-refractivity contribution in [2.45, 2.75) is 11.5 Å². The molecule has 1 unspecified atom stereocenters. The lowest BCUT2D eigenvalue weighted by atomic mass is 10.1. The van der Waals surface area contributed by atoms with E-state index in [0.29, 0.717) is 17.2 Å². The third kappa shape index (κ3) is 5.11. The van der Waals surface area contributed by atoms with Crippen LogP contribution in [0.25, 0.3) is 11.4 Å². The molecule has 0 radical (unpaired) electrons. The number of benzene rings is 2. The molecule has 1 aromatic heterocycles. The molecule has 1 N–H and O–H groups in total. The number of hydrogen-bond donors (Lipinski definition) is 1. The van der Waals surface area contributed by atoms with Crippen molar-refractivity contribution in [2.24, 2.45) is 0 Å². The van der Waals surface area contributed by atoms with Crippen molar-refractivity contribution in [3.63, 3.8) is 0 Å². The van der Waals surface area contributed by atoms with Crippen molar-refractivity contribution in [1.29, 1.82) is 0 Å². The maximum absolute atomic E-state index is 13.3. The summed E-state index contributed by atoms with van der Waals surface area (Å²) >= 11 is 4.83. The third-order valence-corrected chi connectivity index (χ3v) is 5.45. The highest BCUT2D eigenvalue weighted by Gasteiger charge is 2.35. The number of aromatic nitrogens is 2. The molecular weight excluding hydrogens is 421 g/mol. The molecule has 0 aliphatic heterocycles. The summed E-state index contributed by atoms with van der Waals surface area (Å²) in [5.41, 5.74) is 1.11. The van der Waals surface area contributed by atoms with Crippen molar-refractivity contribution in [3.05, 3.63) is 65.6 Å². The second-order valence-corrected chi connectivity index (χ2v) is 9.36. The maximum Gasteiger partial charge on any atom is 0.400 e. The van der Waals surface area contributed by atoms with E-state index in [0.717, 1.165) is 12.1 Å². The lowest BCUT2D eigenvalue weighted by molar-refractivity contribution is 0.0551.